The maximum atomic E-state index is 13.1. The van der Waals surface area contributed by atoms with Crippen LogP contribution in [-0.4, -0.2) is 54.3 Å². The van der Waals surface area contributed by atoms with Crippen LogP contribution in [0, 0.1) is 11.8 Å². The van der Waals surface area contributed by atoms with Crippen LogP contribution in [0.5, 0.6) is 0 Å². The fourth-order valence-electron chi connectivity index (χ4n) is 3.71. The van der Waals surface area contributed by atoms with Gasteiger partial charge in [-0.05, 0) is 78.0 Å². The highest BCUT2D eigenvalue weighted by Gasteiger charge is 2.39. The quantitative estimate of drug-likeness (QED) is 0.635. The third-order valence-corrected chi connectivity index (χ3v) is 5.01. The van der Waals surface area contributed by atoms with Gasteiger partial charge in [-0.25, -0.2) is 4.79 Å². The number of benzene rings is 1. The summed E-state index contributed by atoms with van der Waals surface area (Å²) in [6.45, 7) is 13.5. The Bertz CT molecular complexity index is 752. The number of rotatable bonds is 7. The standard InChI is InChI=1S/C24H39N3O4/c1-23(2,3)30-21(28)20(15-17-8-7-9-19(14-17)26-12-11-25)18-10-13-27(16-18)22(29)31-24(4,5)6/h7-9,14,18,20,26H,10-13,15-16,25H2,1-6H3. The lowest BCUT2D eigenvalue weighted by Gasteiger charge is -2.28. The van der Waals surface area contributed by atoms with Crippen molar-refractivity contribution in [3.8, 4) is 0 Å². The summed E-state index contributed by atoms with van der Waals surface area (Å²) in [6, 6.07) is 8.03. The summed E-state index contributed by atoms with van der Waals surface area (Å²) in [7, 11) is 0. The molecule has 1 amide bonds. The van der Waals surface area contributed by atoms with Gasteiger partial charge in [0.1, 0.15) is 11.2 Å². The molecule has 1 aromatic rings. The van der Waals surface area contributed by atoms with E-state index >= 15 is 0 Å². The molecule has 7 nitrogen and oxygen atoms in total. The Kier molecular flexibility index (Phi) is 8.34. The Hall–Kier alpha value is -2.28. The van der Waals surface area contributed by atoms with Crippen LogP contribution in [0.2, 0.25) is 0 Å². The zero-order valence-electron chi connectivity index (χ0n) is 19.9. The zero-order valence-corrected chi connectivity index (χ0v) is 19.9. The highest BCUT2D eigenvalue weighted by Crippen LogP contribution is 2.31. The monoisotopic (exact) mass is 433 g/mol. The number of nitrogens with one attached hydrogen (secondary N) is 1. The minimum atomic E-state index is -0.566. The molecule has 1 aliphatic heterocycles. The summed E-state index contributed by atoms with van der Waals surface area (Å²) < 4.78 is 11.3. The average molecular weight is 434 g/mol. The summed E-state index contributed by atoms with van der Waals surface area (Å²) in [4.78, 5) is 27.3. The van der Waals surface area contributed by atoms with Crippen LogP contribution in [0.1, 0.15) is 53.5 Å². The molecule has 2 rings (SSSR count). The fourth-order valence-corrected chi connectivity index (χ4v) is 3.71. The number of hydrogen-bond donors (Lipinski definition) is 2. The number of esters is 1. The first kappa shape index (κ1) is 25.0. The van der Waals surface area contributed by atoms with E-state index in [0.717, 1.165) is 17.7 Å². The number of likely N-dealkylation sites (tertiary alicyclic amines) is 1. The van der Waals surface area contributed by atoms with Gasteiger partial charge in [-0.2, -0.15) is 0 Å². The van der Waals surface area contributed by atoms with Crippen LogP contribution in [0.4, 0.5) is 10.5 Å². The van der Waals surface area contributed by atoms with Crippen molar-refractivity contribution in [2.45, 2.75) is 65.6 Å². The van der Waals surface area contributed by atoms with Crippen molar-refractivity contribution in [2.75, 3.05) is 31.5 Å². The Morgan fingerprint density at radius 1 is 1.16 bits per heavy atom. The average Bonchev–Trinajstić information content (AvgIpc) is 3.12. The van der Waals surface area contributed by atoms with Crippen LogP contribution in [0.25, 0.3) is 0 Å². The van der Waals surface area contributed by atoms with Gasteiger partial charge in [-0.3, -0.25) is 4.79 Å². The van der Waals surface area contributed by atoms with Crippen LogP contribution < -0.4 is 11.1 Å². The summed E-state index contributed by atoms with van der Waals surface area (Å²) in [5.41, 5.74) is 6.50. The van der Waals surface area contributed by atoms with E-state index < -0.39 is 11.2 Å². The van der Waals surface area contributed by atoms with Crippen LogP contribution >= 0.6 is 0 Å². The minimum absolute atomic E-state index is 0.0167. The van der Waals surface area contributed by atoms with E-state index in [1.54, 1.807) is 4.90 Å². The summed E-state index contributed by atoms with van der Waals surface area (Å²) in [5, 5.41) is 3.28. The summed E-state index contributed by atoms with van der Waals surface area (Å²) >= 11 is 0. The van der Waals surface area contributed by atoms with Crippen LogP contribution in [0.3, 0.4) is 0 Å². The van der Waals surface area contributed by atoms with Crippen molar-refractivity contribution in [3.63, 3.8) is 0 Å². The van der Waals surface area contributed by atoms with Gasteiger partial charge in [0.25, 0.3) is 0 Å². The fraction of sp³-hybridized carbons (Fsp3) is 0.667. The van der Waals surface area contributed by atoms with Gasteiger partial charge in [0, 0.05) is 31.9 Å². The van der Waals surface area contributed by atoms with Crippen molar-refractivity contribution < 1.29 is 19.1 Å². The van der Waals surface area contributed by atoms with Gasteiger partial charge >= 0.3 is 12.1 Å². The molecule has 7 heteroatoms. The van der Waals surface area contributed by atoms with Gasteiger partial charge < -0.3 is 25.4 Å². The molecule has 2 unspecified atom stereocenters. The molecule has 0 bridgehead atoms. The third kappa shape index (κ3) is 8.40. The predicted octanol–water partition coefficient (Wildman–Crippen LogP) is 3.81. The van der Waals surface area contributed by atoms with Gasteiger partial charge in [0.05, 0.1) is 5.92 Å². The lowest BCUT2D eigenvalue weighted by atomic mass is 9.86. The first-order valence-electron chi connectivity index (χ1n) is 11.1. The number of anilines is 1. The second-order valence-electron chi connectivity index (χ2n) is 10.2. The van der Waals surface area contributed by atoms with Gasteiger partial charge in [-0.15, -0.1) is 0 Å². The number of carbonyl (C=O) groups excluding carboxylic acids is 2. The maximum absolute atomic E-state index is 13.1. The first-order valence-corrected chi connectivity index (χ1v) is 11.1. The number of ether oxygens (including phenoxy) is 2. The summed E-state index contributed by atoms with van der Waals surface area (Å²) in [6.07, 6.45) is 0.972. The van der Waals surface area contributed by atoms with Crippen molar-refractivity contribution in [3.05, 3.63) is 29.8 Å². The molecule has 1 aliphatic rings. The van der Waals surface area contributed by atoms with Gasteiger partial charge in [0.2, 0.25) is 0 Å². The number of nitrogens with zero attached hydrogens (tertiary/aromatic N) is 1. The van der Waals surface area contributed by atoms with Crippen molar-refractivity contribution >= 4 is 17.7 Å². The van der Waals surface area contributed by atoms with Crippen molar-refractivity contribution in [2.24, 2.45) is 17.6 Å². The number of hydrogen-bond acceptors (Lipinski definition) is 6. The molecule has 31 heavy (non-hydrogen) atoms. The second kappa shape index (κ2) is 10.4. The molecule has 0 radical (unpaired) electrons. The molecule has 0 spiro atoms. The Balaban J connectivity index is 2.16. The van der Waals surface area contributed by atoms with Crippen LogP contribution in [0.15, 0.2) is 24.3 Å². The van der Waals surface area contributed by atoms with E-state index in [2.05, 4.69) is 5.32 Å². The summed E-state index contributed by atoms with van der Waals surface area (Å²) in [5.74, 6) is -0.539. The van der Waals surface area contributed by atoms with Crippen molar-refractivity contribution in [1.82, 2.24) is 4.90 Å². The lowest BCUT2D eigenvalue weighted by Crippen LogP contribution is -2.38. The molecule has 0 saturated carbocycles. The number of amides is 1. The Morgan fingerprint density at radius 2 is 1.84 bits per heavy atom. The van der Waals surface area contributed by atoms with E-state index in [0.29, 0.717) is 32.6 Å². The lowest BCUT2D eigenvalue weighted by molar-refractivity contribution is -0.161. The molecule has 0 aromatic heterocycles. The first-order chi connectivity index (χ1) is 14.4. The number of nitrogens with two attached hydrogens (primary N) is 1. The highest BCUT2D eigenvalue weighted by molar-refractivity contribution is 5.74. The largest absolute Gasteiger partial charge is 0.460 e. The Morgan fingerprint density at radius 3 is 2.45 bits per heavy atom. The van der Waals surface area contributed by atoms with Gasteiger partial charge in [-0.1, -0.05) is 12.1 Å². The second-order valence-corrected chi connectivity index (χ2v) is 10.2. The molecule has 1 fully saturated rings. The highest BCUT2D eigenvalue weighted by atomic mass is 16.6. The molecule has 1 saturated heterocycles. The van der Waals surface area contributed by atoms with Gasteiger partial charge in [0.15, 0.2) is 0 Å². The van der Waals surface area contributed by atoms with E-state index in [1.807, 2.05) is 65.8 Å². The molecule has 1 heterocycles. The molecule has 3 N–H and O–H groups in total. The molecular weight excluding hydrogens is 394 g/mol. The Labute approximate surface area is 186 Å². The molecule has 0 aliphatic carbocycles. The topological polar surface area (TPSA) is 93.9 Å². The smallest absolute Gasteiger partial charge is 0.410 e. The molecule has 174 valence electrons. The zero-order chi connectivity index (χ0) is 23.2. The molecule has 1 aromatic carbocycles. The molecular formula is C24H39N3O4. The normalized spacial score (nSPS) is 17.9. The van der Waals surface area contributed by atoms with E-state index in [9.17, 15) is 9.59 Å². The van der Waals surface area contributed by atoms with Crippen molar-refractivity contribution in [1.29, 1.82) is 0 Å². The maximum Gasteiger partial charge on any atom is 0.410 e. The SMILES string of the molecule is CC(C)(C)OC(=O)C(Cc1cccc(NCCN)c1)C1CCN(C(=O)OC(C)(C)C)C1. The van der Waals surface area contributed by atoms with E-state index in [4.69, 9.17) is 15.2 Å². The molecule has 2 atom stereocenters. The van der Waals surface area contributed by atoms with E-state index in [1.165, 1.54) is 0 Å². The third-order valence-electron chi connectivity index (χ3n) is 5.01. The van der Waals surface area contributed by atoms with Crippen LogP contribution in [-0.2, 0) is 20.7 Å². The minimum Gasteiger partial charge on any atom is -0.460 e. The van der Waals surface area contributed by atoms with E-state index in [-0.39, 0.29) is 23.9 Å². The number of carbonyl (C=O) groups is 2. The predicted molar refractivity (Wildman–Crippen MR) is 123 cm³/mol.